The second-order valence-corrected chi connectivity index (χ2v) is 5.89. The molecule has 0 amide bonds. The van der Waals surface area contributed by atoms with Gasteiger partial charge in [-0.2, -0.15) is 0 Å². The van der Waals surface area contributed by atoms with Crippen LogP contribution >= 0.6 is 12.4 Å². The molecule has 1 aromatic carbocycles. The van der Waals surface area contributed by atoms with Gasteiger partial charge < -0.3 is 10.1 Å². The van der Waals surface area contributed by atoms with Gasteiger partial charge in [0.05, 0.1) is 11.5 Å². The topological polar surface area (TPSA) is 67.4 Å². The minimum atomic E-state index is -3.45. The first-order valence-corrected chi connectivity index (χ1v) is 7.22. The number of methoxy groups -OCH3 is 1. The van der Waals surface area contributed by atoms with Gasteiger partial charge in [0, 0.05) is 19.7 Å². The maximum atomic E-state index is 12.0. The standard InChI is InChI=1S/C12H20N2O3S.ClH/c1-10(13-2)8-14-18(15,16)12-6-4-5-11(7-12)9-17-3;/h4-7,10,13-14H,8-9H2,1-3H3;1H. The Morgan fingerprint density at radius 2 is 2.05 bits per heavy atom. The predicted octanol–water partition coefficient (Wildman–Crippen LogP) is 1.14. The number of benzene rings is 1. The number of hydrogen-bond donors (Lipinski definition) is 2. The van der Waals surface area contributed by atoms with Crippen LogP contribution in [-0.2, 0) is 21.4 Å². The van der Waals surface area contributed by atoms with E-state index in [0.717, 1.165) is 5.56 Å². The number of nitrogens with one attached hydrogen (secondary N) is 2. The van der Waals surface area contributed by atoms with Crippen molar-refractivity contribution in [2.45, 2.75) is 24.5 Å². The quantitative estimate of drug-likeness (QED) is 0.793. The molecule has 0 aliphatic heterocycles. The van der Waals surface area contributed by atoms with Crippen molar-refractivity contribution in [2.24, 2.45) is 0 Å². The van der Waals surface area contributed by atoms with Crippen LogP contribution in [0.2, 0.25) is 0 Å². The zero-order chi connectivity index (χ0) is 13.6. The lowest BCUT2D eigenvalue weighted by Gasteiger charge is -2.12. The third-order valence-corrected chi connectivity index (χ3v) is 4.01. The smallest absolute Gasteiger partial charge is 0.240 e. The number of ether oxygens (including phenoxy) is 1. The van der Waals surface area contributed by atoms with Crippen molar-refractivity contribution in [1.82, 2.24) is 10.0 Å². The highest BCUT2D eigenvalue weighted by Crippen LogP contribution is 2.12. The van der Waals surface area contributed by atoms with Crippen LogP contribution in [0.5, 0.6) is 0 Å². The van der Waals surface area contributed by atoms with Crippen molar-refractivity contribution in [3.05, 3.63) is 29.8 Å². The predicted molar refractivity (Wildman–Crippen MR) is 78.1 cm³/mol. The molecule has 19 heavy (non-hydrogen) atoms. The van der Waals surface area contributed by atoms with Crippen molar-refractivity contribution in [3.8, 4) is 0 Å². The molecule has 110 valence electrons. The Kier molecular flexibility index (Phi) is 8.20. The molecule has 0 radical (unpaired) electrons. The van der Waals surface area contributed by atoms with E-state index >= 15 is 0 Å². The summed E-state index contributed by atoms with van der Waals surface area (Å²) in [6.45, 7) is 2.66. The summed E-state index contributed by atoms with van der Waals surface area (Å²) in [5, 5.41) is 2.97. The summed E-state index contributed by atoms with van der Waals surface area (Å²) in [6, 6.07) is 6.83. The molecule has 1 rings (SSSR count). The summed E-state index contributed by atoms with van der Waals surface area (Å²) in [4.78, 5) is 0.264. The molecule has 0 aliphatic rings. The second-order valence-electron chi connectivity index (χ2n) is 4.12. The summed E-state index contributed by atoms with van der Waals surface area (Å²) >= 11 is 0. The summed E-state index contributed by atoms with van der Waals surface area (Å²) in [5.41, 5.74) is 0.835. The van der Waals surface area contributed by atoms with Gasteiger partial charge in [-0.1, -0.05) is 12.1 Å². The van der Waals surface area contributed by atoms with Gasteiger partial charge in [0.1, 0.15) is 0 Å². The highest BCUT2D eigenvalue weighted by atomic mass is 35.5. The van der Waals surface area contributed by atoms with E-state index in [-0.39, 0.29) is 23.3 Å². The van der Waals surface area contributed by atoms with E-state index in [0.29, 0.717) is 13.2 Å². The van der Waals surface area contributed by atoms with Crippen LogP contribution in [0.15, 0.2) is 29.2 Å². The third kappa shape index (κ3) is 5.88. The SMILES string of the molecule is CNC(C)CNS(=O)(=O)c1cccc(COC)c1.Cl. The molecule has 0 aliphatic carbocycles. The van der Waals surface area contributed by atoms with Gasteiger partial charge in [0.25, 0.3) is 0 Å². The van der Waals surface area contributed by atoms with Gasteiger partial charge in [-0.25, -0.2) is 13.1 Å². The van der Waals surface area contributed by atoms with Crippen LogP contribution in [0.25, 0.3) is 0 Å². The summed E-state index contributed by atoms with van der Waals surface area (Å²) in [7, 11) is -0.0845. The number of halogens is 1. The largest absolute Gasteiger partial charge is 0.380 e. The average Bonchev–Trinajstić information content (AvgIpc) is 2.37. The van der Waals surface area contributed by atoms with Gasteiger partial charge in [-0.15, -0.1) is 12.4 Å². The van der Waals surface area contributed by atoms with Gasteiger partial charge in [0.2, 0.25) is 10.0 Å². The number of likely N-dealkylation sites (N-methyl/N-ethyl adjacent to an activating group) is 1. The van der Waals surface area contributed by atoms with E-state index in [9.17, 15) is 8.42 Å². The van der Waals surface area contributed by atoms with E-state index in [1.807, 2.05) is 13.0 Å². The van der Waals surface area contributed by atoms with E-state index in [4.69, 9.17) is 4.74 Å². The molecule has 0 bridgehead atoms. The molecule has 2 N–H and O–H groups in total. The fourth-order valence-electron chi connectivity index (χ4n) is 1.39. The van der Waals surface area contributed by atoms with E-state index in [1.165, 1.54) is 0 Å². The van der Waals surface area contributed by atoms with Gasteiger partial charge in [0.15, 0.2) is 0 Å². The van der Waals surface area contributed by atoms with Crippen molar-refractivity contribution >= 4 is 22.4 Å². The van der Waals surface area contributed by atoms with E-state index in [2.05, 4.69) is 10.0 Å². The van der Waals surface area contributed by atoms with E-state index < -0.39 is 10.0 Å². The zero-order valence-corrected chi connectivity index (χ0v) is 13.0. The zero-order valence-electron chi connectivity index (χ0n) is 11.3. The number of sulfonamides is 1. The maximum absolute atomic E-state index is 12.0. The molecule has 0 aromatic heterocycles. The Morgan fingerprint density at radius 1 is 1.37 bits per heavy atom. The van der Waals surface area contributed by atoms with Gasteiger partial charge in [-0.3, -0.25) is 0 Å². The molecule has 7 heteroatoms. The van der Waals surface area contributed by atoms with Crippen molar-refractivity contribution < 1.29 is 13.2 Å². The highest BCUT2D eigenvalue weighted by molar-refractivity contribution is 7.89. The second kappa shape index (κ2) is 8.50. The van der Waals surface area contributed by atoms with Crippen LogP contribution in [0.4, 0.5) is 0 Å². The summed E-state index contributed by atoms with van der Waals surface area (Å²) in [6.07, 6.45) is 0. The summed E-state index contributed by atoms with van der Waals surface area (Å²) < 4.78 is 31.6. The van der Waals surface area contributed by atoms with Gasteiger partial charge in [-0.05, 0) is 31.7 Å². The Labute approximate surface area is 121 Å². The minimum absolute atomic E-state index is 0. The Morgan fingerprint density at radius 3 is 2.63 bits per heavy atom. The average molecular weight is 309 g/mol. The maximum Gasteiger partial charge on any atom is 0.240 e. The van der Waals surface area contributed by atoms with Crippen LogP contribution in [0, 0.1) is 0 Å². The first kappa shape index (κ1) is 18.3. The normalized spacial score (nSPS) is 12.8. The molecule has 0 fully saturated rings. The molecular weight excluding hydrogens is 288 g/mol. The highest BCUT2D eigenvalue weighted by Gasteiger charge is 2.14. The first-order chi connectivity index (χ1) is 8.49. The monoisotopic (exact) mass is 308 g/mol. The fraction of sp³-hybridized carbons (Fsp3) is 0.500. The number of rotatable bonds is 7. The van der Waals surface area contributed by atoms with Crippen LogP contribution in [-0.4, -0.2) is 35.2 Å². The molecule has 0 spiro atoms. The molecule has 0 heterocycles. The van der Waals surface area contributed by atoms with Crippen molar-refractivity contribution in [2.75, 3.05) is 20.7 Å². The lowest BCUT2D eigenvalue weighted by molar-refractivity contribution is 0.184. The molecule has 1 unspecified atom stereocenters. The Hall–Kier alpha value is -0.660. The number of hydrogen-bond acceptors (Lipinski definition) is 4. The molecule has 1 aromatic rings. The van der Waals surface area contributed by atoms with Crippen LogP contribution in [0.3, 0.4) is 0 Å². The van der Waals surface area contributed by atoms with Crippen molar-refractivity contribution in [1.29, 1.82) is 0 Å². The third-order valence-electron chi connectivity index (χ3n) is 2.59. The molecule has 0 saturated carbocycles. The van der Waals surface area contributed by atoms with Crippen LogP contribution in [0.1, 0.15) is 12.5 Å². The van der Waals surface area contributed by atoms with E-state index in [1.54, 1.807) is 32.4 Å². The Bertz CT molecular complexity index is 480. The van der Waals surface area contributed by atoms with Crippen LogP contribution < -0.4 is 10.0 Å². The van der Waals surface area contributed by atoms with Crippen molar-refractivity contribution in [3.63, 3.8) is 0 Å². The lowest BCUT2D eigenvalue weighted by atomic mass is 10.2. The minimum Gasteiger partial charge on any atom is -0.380 e. The van der Waals surface area contributed by atoms with Gasteiger partial charge >= 0.3 is 0 Å². The lowest BCUT2D eigenvalue weighted by Crippen LogP contribution is -2.37. The molecular formula is C12H21ClN2O3S. The molecule has 0 saturated heterocycles. The molecule has 1 atom stereocenters. The Balaban J connectivity index is 0.00000324. The first-order valence-electron chi connectivity index (χ1n) is 5.74. The fourth-order valence-corrected chi connectivity index (χ4v) is 2.59. The molecule has 5 nitrogen and oxygen atoms in total. The summed E-state index contributed by atoms with van der Waals surface area (Å²) in [5.74, 6) is 0.